The van der Waals surface area contributed by atoms with Crippen LogP contribution in [-0.4, -0.2) is 35.7 Å². The number of benzene rings is 1. The Morgan fingerprint density at radius 1 is 1.13 bits per heavy atom. The molecule has 1 N–H and O–H groups in total. The van der Waals surface area contributed by atoms with Crippen LogP contribution in [0.1, 0.15) is 65.9 Å². The Hall–Kier alpha value is -2.01. The molecule has 0 radical (unpaired) electrons. The molecule has 1 heterocycles. The first-order chi connectivity index (χ1) is 14.2. The van der Waals surface area contributed by atoms with E-state index in [9.17, 15) is 14.4 Å². The summed E-state index contributed by atoms with van der Waals surface area (Å²) in [7, 11) is 0. The lowest BCUT2D eigenvalue weighted by Crippen LogP contribution is -2.49. The van der Waals surface area contributed by atoms with Gasteiger partial charge < -0.3 is 10.1 Å². The van der Waals surface area contributed by atoms with E-state index in [1.54, 1.807) is 6.92 Å². The van der Waals surface area contributed by atoms with Crippen molar-refractivity contribution in [2.75, 3.05) is 6.61 Å². The van der Waals surface area contributed by atoms with Gasteiger partial charge in [-0.15, -0.1) is 0 Å². The first kappa shape index (κ1) is 24.3. The molecule has 1 aromatic carbocycles. The van der Waals surface area contributed by atoms with Crippen molar-refractivity contribution in [1.29, 1.82) is 0 Å². The van der Waals surface area contributed by atoms with Gasteiger partial charge in [0, 0.05) is 18.3 Å². The lowest BCUT2D eigenvalue weighted by Gasteiger charge is -2.25. The largest absolute Gasteiger partial charge is 0.361 e. The van der Waals surface area contributed by atoms with E-state index >= 15 is 0 Å². The molecule has 1 amide bonds. The Morgan fingerprint density at radius 3 is 2.30 bits per heavy atom. The summed E-state index contributed by atoms with van der Waals surface area (Å²) in [5.74, 6) is -0.493. The molecule has 0 bridgehead atoms. The molecule has 0 aliphatic carbocycles. The molecule has 1 aromatic rings. The van der Waals surface area contributed by atoms with Gasteiger partial charge >= 0.3 is 0 Å². The maximum absolute atomic E-state index is 13.3. The van der Waals surface area contributed by atoms with Crippen LogP contribution < -0.4 is 5.32 Å². The fourth-order valence-corrected chi connectivity index (χ4v) is 3.81. The third kappa shape index (κ3) is 7.05. The van der Waals surface area contributed by atoms with Crippen LogP contribution in [0.2, 0.25) is 0 Å². The molecule has 1 aliphatic rings. The van der Waals surface area contributed by atoms with E-state index < -0.39 is 17.6 Å². The van der Waals surface area contributed by atoms with Crippen molar-refractivity contribution in [3.05, 3.63) is 35.9 Å². The first-order valence-corrected chi connectivity index (χ1v) is 11.2. The van der Waals surface area contributed by atoms with Crippen molar-refractivity contribution in [3.8, 4) is 0 Å². The lowest BCUT2D eigenvalue weighted by atomic mass is 9.87. The number of rotatable bonds is 13. The van der Waals surface area contributed by atoms with Crippen molar-refractivity contribution >= 4 is 17.5 Å². The zero-order chi connectivity index (χ0) is 22.3. The first-order valence-electron chi connectivity index (χ1n) is 11.2. The molecule has 5 heteroatoms. The van der Waals surface area contributed by atoms with Gasteiger partial charge in [-0.1, -0.05) is 64.4 Å². The average Bonchev–Trinajstić information content (AvgIpc) is 3.45. The molecule has 1 aliphatic heterocycles. The van der Waals surface area contributed by atoms with E-state index in [4.69, 9.17) is 4.74 Å². The van der Waals surface area contributed by atoms with E-state index in [0.717, 1.165) is 18.4 Å². The Bertz CT molecular complexity index is 724. The molecule has 4 atom stereocenters. The third-order valence-electron chi connectivity index (χ3n) is 5.85. The van der Waals surface area contributed by atoms with Gasteiger partial charge in [0.15, 0.2) is 5.78 Å². The molecular formula is C25H37NO4. The summed E-state index contributed by atoms with van der Waals surface area (Å²) >= 11 is 0. The summed E-state index contributed by atoms with van der Waals surface area (Å²) in [5, 5.41) is 2.97. The summed E-state index contributed by atoms with van der Waals surface area (Å²) in [6.07, 6.45) is 2.99. The van der Waals surface area contributed by atoms with Crippen LogP contribution in [0, 0.1) is 17.8 Å². The number of epoxide rings is 1. The highest BCUT2D eigenvalue weighted by Gasteiger charge is 2.50. The SMILES string of the molecule is CCC[C@H](C)C(=O)C[C@@H](Cc1ccccc1)C(=O)N[C@@H](CC(C)C)C(=O)[C@@]1(C)CO1. The molecule has 1 fully saturated rings. The number of ether oxygens (including phenoxy) is 1. The Kier molecular flexibility index (Phi) is 8.78. The second-order valence-corrected chi connectivity index (χ2v) is 9.32. The summed E-state index contributed by atoms with van der Waals surface area (Å²) in [4.78, 5) is 38.9. The van der Waals surface area contributed by atoms with Crippen LogP contribution in [0.25, 0.3) is 0 Å². The van der Waals surface area contributed by atoms with E-state index in [-0.39, 0.29) is 35.7 Å². The van der Waals surface area contributed by atoms with Crippen LogP contribution in [0.15, 0.2) is 30.3 Å². The highest BCUT2D eigenvalue weighted by atomic mass is 16.6. The van der Waals surface area contributed by atoms with Crippen molar-refractivity contribution in [1.82, 2.24) is 5.32 Å². The van der Waals surface area contributed by atoms with Crippen LogP contribution in [-0.2, 0) is 25.5 Å². The van der Waals surface area contributed by atoms with Gasteiger partial charge in [0.25, 0.3) is 0 Å². The van der Waals surface area contributed by atoms with E-state index in [2.05, 4.69) is 12.2 Å². The van der Waals surface area contributed by atoms with E-state index in [1.165, 1.54) is 0 Å². The number of nitrogens with one attached hydrogen (secondary N) is 1. The zero-order valence-corrected chi connectivity index (χ0v) is 19.1. The third-order valence-corrected chi connectivity index (χ3v) is 5.85. The summed E-state index contributed by atoms with van der Waals surface area (Å²) in [6, 6.07) is 9.14. The minimum absolute atomic E-state index is 0.0621. The Morgan fingerprint density at radius 2 is 1.77 bits per heavy atom. The normalized spacial score (nSPS) is 21.0. The van der Waals surface area contributed by atoms with Crippen LogP contribution in [0.3, 0.4) is 0 Å². The monoisotopic (exact) mass is 415 g/mol. The van der Waals surface area contributed by atoms with Gasteiger partial charge in [-0.3, -0.25) is 14.4 Å². The molecule has 0 spiro atoms. The average molecular weight is 416 g/mol. The number of hydrogen-bond donors (Lipinski definition) is 1. The van der Waals surface area contributed by atoms with Crippen molar-refractivity contribution in [3.63, 3.8) is 0 Å². The summed E-state index contributed by atoms with van der Waals surface area (Å²) < 4.78 is 5.33. The Labute approximate surface area is 181 Å². The van der Waals surface area contributed by atoms with Gasteiger partial charge in [0.2, 0.25) is 5.91 Å². The molecule has 0 unspecified atom stereocenters. The number of amides is 1. The van der Waals surface area contributed by atoms with Crippen LogP contribution in [0.4, 0.5) is 0 Å². The number of ketones is 2. The number of carbonyl (C=O) groups is 3. The summed E-state index contributed by atoms with van der Waals surface area (Å²) in [5.41, 5.74) is 0.227. The summed E-state index contributed by atoms with van der Waals surface area (Å²) in [6.45, 7) is 10.2. The van der Waals surface area contributed by atoms with Crippen molar-refractivity contribution in [2.45, 2.75) is 78.4 Å². The van der Waals surface area contributed by atoms with E-state index in [0.29, 0.717) is 19.4 Å². The van der Waals surface area contributed by atoms with Crippen molar-refractivity contribution < 1.29 is 19.1 Å². The second-order valence-electron chi connectivity index (χ2n) is 9.32. The molecule has 0 saturated carbocycles. The second kappa shape index (κ2) is 10.9. The van der Waals surface area contributed by atoms with Crippen LogP contribution >= 0.6 is 0 Å². The minimum atomic E-state index is -0.785. The smallest absolute Gasteiger partial charge is 0.224 e. The number of Topliss-reactive ketones (excluding diaryl/α,β-unsaturated/α-hetero) is 2. The Balaban J connectivity index is 2.16. The highest BCUT2D eigenvalue weighted by molar-refractivity contribution is 5.97. The topological polar surface area (TPSA) is 75.8 Å². The van der Waals surface area contributed by atoms with Crippen LogP contribution in [0.5, 0.6) is 0 Å². The zero-order valence-electron chi connectivity index (χ0n) is 19.1. The fraction of sp³-hybridized carbons (Fsp3) is 0.640. The molecule has 166 valence electrons. The minimum Gasteiger partial charge on any atom is -0.361 e. The lowest BCUT2D eigenvalue weighted by molar-refractivity contribution is -0.134. The molecule has 2 rings (SSSR count). The highest BCUT2D eigenvalue weighted by Crippen LogP contribution is 2.30. The molecule has 1 saturated heterocycles. The molecule has 0 aromatic heterocycles. The molecule has 5 nitrogen and oxygen atoms in total. The van der Waals surface area contributed by atoms with Gasteiger partial charge in [0.1, 0.15) is 11.4 Å². The molecular weight excluding hydrogens is 378 g/mol. The van der Waals surface area contributed by atoms with Gasteiger partial charge in [-0.2, -0.15) is 0 Å². The van der Waals surface area contributed by atoms with Gasteiger partial charge in [-0.05, 0) is 37.7 Å². The number of hydrogen-bond acceptors (Lipinski definition) is 4. The molecule has 30 heavy (non-hydrogen) atoms. The van der Waals surface area contributed by atoms with Crippen molar-refractivity contribution in [2.24, 2.45) is 17.8 Å². The maximum atomic E-state index is 13.3. The standard InChI is InChI=1S/C25H37NO4/c1-6-10-18(4)22(27)15-20(14-19-11-8-7-9-12-19)24(29)26-21(13-17(2)3)23(28)25(5)16-30-25/h7-9,11-12,17-18,20-21H,6,10,13-16H2,1-5H3,(H,26,29)/t18-,20+,21-,25+/m0/s1. The fourth-order valence-electron chi connectivity index (χ4n) is 3.81. The quantitative estimate of drug-likeness (QED) is 0.492. The number of carbonyl (C=O) groups excluding carboxylic acids is 3. The van der Waals surface area contributed by atoms with Gasteiger partial charge in [0.05, 0.1) is 12.6 Å². The maximum Gasteiger partial charge on any atom is 0.224 e. The predicted octanol–water partition coefficient (Wildman–Crippen LogP) is 4.13. The predicted molar refractivity (Wildman–Crippen MR) is 118 cm³/mol. The van der Waals surface area contributed by atoms with Gasteiger partial charge in [-0.25, -0.2) is 0 Å². The van der Waals surface area contributed by atoms with E-state index in [1.807, 2.05) is 51.1 Å².